The lowest BCUT2D eigenvalue weighted by Crippen LogP contribution is -2.48. The van der Waals surface area contributed by atoms with Crippen molar-refractivity contribution in [2.75, 3.05) is 6.54 Å². The molecule has 0 spiro atoms. The maximum absolute atomic E-state index is 13.3. The van der Waals surface area contributed by atoms with Gasteiger partial charge in [0.25, 0.3) is 5.91 Å². The van der Waals surface area contributed by atoms with Crippen molar-refractivity contribution in [3.8, 4) is 0 Å². The monoisotopic (exact) mass is 402 g/mol. The van der Waals surface area contributed by atoms with Crippen molar-refractivity contribution < 1.29 is 18.7 Å². The zero-order chi connectivity index (χ0) is 18.5. The number of hydrogen-bond acceptors (Lipinski definition) is 3. The number of alkyl carbamates (subject to hydrolysis) is 1. The van der Waals surface area contributed by atoms with Crippen LogP contribution in [-0.2, 0) is 4.74 Å². The van der Waals surface area contributed by atoms with E-state index in [2.05, 4.69) is 26.6 Å². The highest BCUT2D eigenvalue weighted by atomic mass is 79.9. The molecule has 24 heavy (non-hydrogen) atoms. The average Bonchev–Trinajstić information content (AvgIpc) is 2.43. The molecule has 1 aromatic carbocycles. The Labute approximate surface area is 150 Å². The minimum Gasteiger partial charge on any atom is -0.444 e. The number of rotatable bonds is 5. The maximum Gasteiger partial charge on any atom is 0.407 e. The van der Waals surface area contributed by atoms with E-state index in [0.29, 0.717) is 4.47 Å². The molecule has 1 unspecified atom stereocenters. The van der Waals surface area contributed by atoms with Gasteiger partial charge in [-0.2, -0.15) is 0 Å². The Kier molecular flexibility index (Phi) is 7.20. The van der Waals surface area contributed by atoms with E-state index >= 15 is 0 Å². The molecule has 0 saturated carbocycles. The maximum atomic E-state index is 13.3. The minimum absolute atomic E-state index is 0.0776. The smallest absolute Gasteiger partial charge is 0.407 e. The number of carbonyl (C=O) groups is 2. The zero-order valence-electron chi connectivity index (χ0n) is 14.6. The van der Waals surface area contributed by atoms with Crippen LogP contribution in [0.3, 0.4) is 0 Å². The second kappa shape index (κ2) is 8.46. The minimum atomic E-state index is -0.596. The summed E-state index contributed by atoms with van der Waals surface area (Å²) in [6.07, 6.45) is -0.539. The molecule has 0 heterocycles. The van der Waals surface area contributed by atoms with Gasteiger partial charge in [-0.25, -0.2) is 9.18 Å². The van der Waals surface area contributed by atoms with Crippen LogP contribution in [0, 0.1) is 11.7 Å². The fourth-order valence-corrected chi connectivity index (χ4v) is 2.31. The van der Waals surface area contributed by atoms with E-state index < -0.39 is 23.4 Å². The quantitative estimate of drug-likeness (QED) is 0.785. The van der Waals surface area contributed by atoms with Crippen molar-refractivity contribution in [2.45, 2.75) is 46.3 Å². The zero-order valence-corrected chi connectivity index (χ0v) is 16.2. The molecule has 0 radical (unpaired) electrons. The van der Waals surface area contributed by atoms with Crippen LogP contribution in [0.4, 0.5) is 9.18 Å². The van der Waals surface area contributed by atoms with Crippen LogP contribution in [0.1, 0.15) is 45.0 Å². The Morgan fingerprint density at radius 1 is 1.29 bits per heavy atom. The van der Waals surface area contributed by atoms with Gasteiger partial charge in [0.2, 0.25) is 0 Å². The van der Waals surface area contributed by atoms with Crippen LogP contribution in [-0.4, -0.2) is 30.2 Å². The molecule has 1 atom stereocenters. The van der Waals surface area contributed by atoms with Crippen molar-refractivity contribution >= 4 is 27.9 Å². The molecule has 5 nitrogen and oxygen atoms in total. The first kappa shape index (κ1) is 20.4. The standard InChI is InChI=1S/C17H24BrFN2O3/c1-10(2)14(21-16(23)24-17(3,4)5)9-20-15(22)12-8-11(19)6-7-13(12)18/h6-8,10,14H,9H2,1-5H3,(H,20,22)(H,21,23). The first-order chi connectivity index (χ1) is 11.0. The van der Waals surface area contributed by atoms with E-state index in [-0.39, 0.29) is 24.1 Å². The topological polar surface area (TPSA) is 67.4 Å². The third-order valence-corrected chi connectivity index (χ3v) is 3.85. The third-order valence-electron chi connectivity index (χ3n) is 3.16. The molecule has 2 amide bonds. The molecule has 0 saturated heterocycles. The van der Waals surface area contributed by atoms with Crippen molar-refractivity contribution in [3.63, 3.8) is 0 Å². The number of nitrogens with one attached hydrogen (secondary N) is 2. The molecule has 0 bridgehead atoms. The molecular weight excluding hydrogens is 379 g/mol. The van der Waals surface area contributed by atoms with E-state index in [1.165, 1.54) is 12.1 Å². The van der Waals surface area contributed by atoms with Gasteiger partial charge in [-0.3, -0.25) is 4.79 Å². The van der Waals surface area contributed by atoms with E-state index in [1.807, 2.05) is 13.8 Å². The Hall–Kier alpha value is -1.63. The molecule has 0 aliphatic heterocycles. The van der Waals surface area contributed by atoms with E-state index in [9.17, 15) is 14.0 Å². The number of halogens is 2. The molecule has 7 heteroatoms. The number of carbonyl (C=O) groups excluding carboxylic acids is 2. The summed E-state index contributed by atoms with van der Waals surface area (Å²) in [5.74, 6) is -0.831. The summed E-state index contributed by atoms with van der Waals surface area (Å²) < 4.78 is 19.0. The molecule has 134 valence electrons. The molecule has 2 N–H and O–H groups in total. The lowest BCUT2D eigenvalue weighted by Gasteiger charge is -2.26. The molecule has 0 fully saturated rings. The highest BCUT2D eigenvalue weighted by Crippen LogP contribution is 2.17. The number of amides is 2. The van der Waals surface area contributed by atoms with Gasteiger partial charge in [-0.05, 0) is 60.8 Å². The van der Waals surface area contributed by atoms with Crippen molar-refractivity contribution in [3.05, 3.63) is 34.1 Å². The Balaban J connectivity index is 2.68. The van der Waals surface area contributed by atoms with Crippen molar-refractivity contribution in [1.82, 2.24) is 10.6 Å². The fourth-order valence-electron chi connectivity index (χ4n) is 1.88. The summed E-state index contributed by atoms with van der Waals surface area (Å²) in [5, 5.41) is 5.45. The number of benzene rings is 1. The summed E-state index contributed by atoms with van der Waals surface area (Å²) in [4.78, 5) is 24.1. The van der Waals surface area contributed by atoms with Crippen LogP contribution in [0.2, 0.25) is 0 Å². The van der Waals surface area contributed by atoms with Crippen molar-refractivity contribution in [2.24, 2.45) is 5.92 Å². The highest BCUT2D eigenvalue weighted by molar-refractivity contribution is 9.10. The lowest BCUT2D eigenvalue weighted by atomic mass is 10.0. The normalized spacial score (nSPS) is 12.7. The summed E-state index contributed by atoms with van der Waals surface area (Å²) >= 11 is 3.22. The second-order valence-corrected chi connectivity index (χ2v) is 7.69. The summed E-state index contributed by atoms with van der Waals surface area (Å²) in [6, 6.07) is 3.59. The van der Waals surface area contributed by atoms with Gasteiger partial charge in [0.05, 0.1) is 11.6 Å². The van der Waals surface area contributed by atoms with Crippen LogP contribution >= 0.6 is 15.9 Å². The summed E-state index contributed by atoms with van der Waals surface area (Å²) in [6.45, 7) is 9.39. The molecule has 0 aliphatic rings. The van der Waals surface area contributed by atoms with Gasteiger partial charge >= 0.3 is 6.09 Å². The van der Waals surface area contributed by atoms with E-state index in [1.54, 1.807) is 20.8 Å². The number of hydrogen-bond donors (Lipinski definition) is 2. The average molecular weight is 403 g/mol. The van der Waals surface area contributed by atoms with Gasteiger partial charge in [-0.1, -0.05) is 13.8 Å². The summed E-state index contributed by atoms with van der Waals surface area (Å²) in [7, 11) is 0. The first-order valence-corrected chi connectivity index (χ1v) is 8.51. The SMILES string of the molecule is CC(C)C(CNC(=O)c1cc(F)ccc1Br)NC(=O)OC(C)(C)C. The first-order valence-electron chi connectivity index (χ1n) is 7.72. The van der Waals surface area contributed by atoms with Crippen LogP contribution in [0.25, 0.3) is 0 Å². The Morgan fingerprint density at radius 3 is 2.46 bits per heavy atom. The van der Waals surface area contributed by atoms with E-state index in [4.69, 9.17) is 4.74 Å². The van der Waals surface area contributed by atoms with Crippen LogP contribution in [0.5, 0.6) is 0 Å². The fraction of sp³-hybridized carbons (Fsp3) is 0.529. The lowest BCUT2D eigenvalue weighted by molar-refractivity contribution is 0.0487. The van der Waals surface area contributed by atoms with E-state index in [0.717, 1.165) is 6.07 Å². The molecule has 0 aromatic heterocycles. The Morgan fingerprint density at radius 2 is 1.92 bits per heavy atom. The Bertz CT molecular complexity index is 600. The summed E-state index contributed by atoms with van der Waals surface area (Å²) in [5.41, 5.74) is -0.392. The predicted molar refractivity (Wildman–Crippen MR) is 94.4 cm³/mol. The van der Waals surface area contributed by atoms with Gasteiger partial charge < -0.3 is 15.4 Å². The number of ether oxygens (including phenoxy) is 1. The van der Waals surface area contributed by atoms with Gasteiger partial charge in [0.1, 0.15) is 11.4 Å². The molecule has 1 aromatic rings. The van der Waals surface area contributed by atoms with Crippen molar-refractivity contribution in [1.29, 1.82) is 0 Å². The molecule has 1 rings (SSSR count). The second-order valence-electron chi connectivity index (χ2n) is 6.83. The van der Waals surface area contributed by atoms with Crippen LogP contribution in [0.15, 0.2) is 22.7 Å². The molecular formula is C17H24BrFN2O3. The van der Waals surface area contributed by atoms with Gasteiger partial charge in [-0.15, -0.1) is 0 Å². The van der Waals surface area contributed by atoms with Crippen LogP contribution < -0.4 is 10.6 Å². The van der Waals surface area contributed by atoms with Gasteiger partial charge in [0.15, 0.2) is 0 Å². The van der Waals surface area contributed by atoms with Gasteiger partial charge in [0, 0.05) is 11.0 Å². The highest BCUT2D eigenvalue weighted by Gasteiger charge is 2.22. The third kappa shape index (κ3) is 6.86. The largest absolute Gasteiger partial charge is 0.444 e. The predicted octanol–water partition coefficient (Wildman–Crippen LogP) is 3.87. The molecule has 0 aliphatic carbocycles.